The highest BCUT2D eigenvalue weighted by Crippen LogP contribution is 2.19. The minimum absolute atomic E-state index is 0.165. The summed E-state index contributed by atoms with van der Waals surface area (Å²) in [6, 6.07) is 6.86. The molecule has 0 radical (unpaired) electrons. The molecule has 1 N–H and O–H groups in total. The summed E-state index contributed by atoms with van der Waals surface area (Å²) in [7, 11) is 0. The van der Waals surface area contributed by atoms with Crippen molar-refractivity contribution in [1.29, 1.82) is 0 Å². The van der Waals surface area contributed by atoms with Gasteiger partial charge in [-0.15, -0.1) is 0 Å². The van der Waals surface area contributed by atoms with Crippen LogP contribution < -0.4 is 5.32 Å². The molecular weight excluding hydrogens is 227 g/mol. The maximum Gasteiger partial charge on any atom is 0.146 e. The van der Waals surface area contributed by atoms with Gasteiger partial charge in [-0.1, -0.05) is 25.5 Å². The molecule has 0 unspecified atom stereocenters. The summed E-state index contributed by atoms with van der Waals surface area (Å²) in [5, 5.41) is 3.17. The van der Waals surface area contributed by atoms with Gasteiger partial charge in [0, 0.05) is 13.1 Å². The number of rotatable bonds is 5. The lowest BCUT2D eigenvalue weighted by molar-refractivity contribution is 0.187. The standard InChI is InChI=1S/C15H23FN2/c1-2-13-7-10-18(11-8-13)12-9-17-15-6-4-3-5-14(15)16/h3-6,13,17H,2,7-12H2,1H3. The second kappa shape index (κ2) is 6.74. The minimum Gasteiger partial charge on any atom is -0.381 e. The van der Waals surface area contributed by atoms with Crippen LogP contribution in [0.2, 0.25) is 0 Å². The molecule has 3 heteroatoms. The molecule has 2 rings (SSSR count). The second-order valence-corrected chi connectivity index (χ2v) is 5.10. The van der Waals surface area contributed by atoms with Gasteiger partial charge in [0.05, 0.1) is 5.69 Å². The summed E-state index contributed by atoms with van der Waals surface area (Å²) in [6.45, 7) is 6.48. The SMILES string of the molecule is CCC1CCN(CCNc2ccccc2F)CC1. The maximum atomic E-state index is 13.4. The zero-order valence-electron chi connectivity index (χ0n) is 11.2. The first-order valence-corrected chi connectivity index (χ1v) is 7.00. The fourth-order valence-electron chi connectivity index (χ4n) is 2.57. The first kappa shape index (κ1) is 13.3. The largest absolute Gasteiger partial charge is 0.381 e. The molecule has 0 bridgehead atoms. The van der Waals surface area contributed by atoms with Crippen molar-refractivity contribution in [3.63, 3.8) is 0 Å². The van der Waals surface area contributed by atoms with E-state index in [1.165, 1.54) is 38.4 Å². The number of anilines is 1. The first-order valence-electron chi connectivity index (χ1n) is 7.00. The fourth-order valence-corrected chi connectivity index (χ4v) is 2.57. The molecule has 0 saturated carbocycles. The van der Waals surface area contributed by atoms with E-state index in [-0.39, 0.29) is 5.82 Å². The normalized spacial score (nSPS) is 17.9. The van der Waals surface area contributed by atoms with E-state index in [0.29, 0.717) is 5.69 Å². The van der Waals surface area contributed by atoms with Crippen LogP contribution in [-0.2, 0) is 0 Å². The quantitative estimate of drug-likeness (QED) is 0.862. The van der Waals surface area contributed by atoms with Crippen molar-refractivity contribution in [1.82, 2.24) is 4.90 Å². The van der Waals surface area contributed by atoms with Crippen LogP contribution in [0.15, 0.2) is 24.3 Å². The van der Waals surface area contributed by atoms with Gasteiger partial charge in [0.15, 0.2) is 0 Å². The van der Waals surface area contributed by atoms with Gasteiger partial charge in [-0.3, -0.25) is 0 Å². The van der Waals surface area contributed by atoms with Crippen LogP contribution in [0.25, 0.3) is 0 Å². The van der Waals surface area contributed by atoms with Crippen molar-refractivity contribution in [2.24, 2.45) is 5.92 Å². The summed E-state index contributed by atoms with van der Waals surface area (Å²) in [6.07, 6.45) is 3.94. The molecule has 0 atom stereocenters. The predicted molar refractivity (Wildman–Crippen MR) is 74.3 cm³/mol. The Morgan fingerprint density at radius 1 is 1.28 bits per heavy atom. The van der Waals surface area contributed by atoms with E-state index in [1.54, 1.807) is 12.1 Å². The monoisotopic (exact) mass is 250 g/mol. The average molecular weight is 250 g/mol. The maximum absolute atomic E-state index is 13.4. The van der Waals surface area contributed by atoms with Crippen LogP contribution in [-0.4, -0.2) is 31.1 Å². The molecule has 1 fully saturated rings. The molecule has 1 heterocycles. The topological polar surface area (TPSA) is 15.3 Å². The molecule has 1 aliphatic heterocycles. The molecule has 0 amide bonds. The number of para-hydroxylation sites is 1. The van der Waals surface area contributed by atoms with Gasteiger partial charge in [0.2, 0.25) is 0 Å². The summed E-state index contributed by atoms with van der Waals surface area (Å²) in [4.78, 5) is 2.47. The van der Waals surface area contributed by atoms with Crippen molar-refractivity contribution >= 4 is 5.69 Å². The third kappa shape index (κ3) is 3.70. The van der Waals surface area contributed by atoms with E-state index >= 15 is 0 Å². The van der Waals surface area contributed by atoms with Gasteiger partial charge in [0.1, 0.15) is 5.82 Å². The number of benzene rings is 1. The summed E-state index contributed by atoms with van der Waals surface area (Å²) in [5.74, 6) is 0.753. The van der Waals surface area contributed by atoms with Crippen LogP contribution in [0, 0.1) is 11.7 Å². The Labute approximate surface area is 109 Å². The van der Waals surface area contributed by atoms with Gasteiger partial charge in [-0.25, -0.2) is 4.39 Å². The smallest absolute Gasteiger partial charge is 0.146 e. The van der Waals surface area contributed by atoms with Crippen molar-refractivity contribution in [2.45, 2.75) is 26.2 Å². The first-order chi connectivity index (χ1) is 8.79. The Balaban J connectivity index is 1.69. The Morgan fingerprint density at radius 2 is 2.00 bits per heavy atom. The van der Waals surface area contributed by atoms with Crippen molar-refractivity contribution in [3.8, 4) is 0 Å². The predicted octanol–water partition coefficient (Wildman–Crippen LogP) is 3.36. The highest BCUT2D eigenvalue weighted by molar-refractivity contribution is 5.44. The molecule has 1 aliphatic rings. The van der Waals surface area contributed by atoms with E-state index in [1.807, 2.05) is 6.07 Å². The van der Waals surface area contributed by atoms with Crippen molar-refractivity contribution < 1.29 is 4.39 Å². The van der Waals surface area contributed by atoms with E-state index in [4.69, 9.17) is 0 Å². The number of hydrogen-bond acceptors (Lipinski definition) is 2. The number of nitrogens with one attached hydrogen (secondary N) is 1. The average Bonchev–Trinajstić information content (AvgIpc) is 2.42. The highest BCUT2D eigenvalue weighted by Gasteiger charge is 2.16. The molecule has 18 heavy (non-hydrogen) atoms. The van der Waals surface area contributed by atoms with E-state index in [2.05, 4.69) is 17.1 Å². The number of likely N-dealkylation sites (tertiary alicyclic amines) is 1. The zero-order chi connectivity index (χ0) is 12.8. The van der Waals surface area contributed by atoms with E-state index in [0.717, 1.165) is 19.0 Å². The van der Waals surface area contributed by atoms with Crippen molar-refractivity contribution in [3.05, 3.63) is 30.1 Å². The molecule has 1 saturated heterocycles. The van der Waals surface area contributed by atoms with Crippen LogP contribution >= 0.6 is 0 Å². The van der Waals surface area contributed by atoms with Crippen molar-refractivity contribution in [2.75, 3.05) is 31.5 Å². The number of nitrogens with zero attached hydrogens (tertiary/aromatic N) is 1. The van der Waals surface area contributed by atoms with Gasteiger partial charge in [-0.2, -0.15) is 0 Å². The van der Waals surface area contributed by atoms with Crippen LogP contribution in [0.4, 0.5) is 10.1 Å². The van der Waals surface area contributed by atoms with Gasteiger partial charge >= 0.3 is 0 Å². The molecule has 0 aromatic heterocycles. The Bertz CT molecular complexity index is 359. The Kier molecular flexibility index (Phi) is 5.00. The summed E-state index contributed by atoms with van der Waals surface area (Å²) >= 11 is 0. The number of hydrogen-bond donors (Lipinski definition) is 1. The van der Waals surface area contributed by atoms with E-state index in [9.17, 15) is 4.39 Å². The molecule has 0 spiro atoms. The van der Waals surface area contributed by atoms with Crippen LogP contribution in [0.3, 0.4) is 0 Å². The zero-order valence-corrected chi connectivity index (χ0v) is 11.2. The third-order valence-electron chi connectivity index (χ3n) is 3.90. The second-order valence-electron chi connectivity index (χ2n) is 5.10. The molecule has 2 nitrogen and oxygen atoms in total. The minimum atomic E-state index is -0.165. The van der Waals surface area contributed by atoms with Crippen LogP contribution in [0.5, 0.6) is 0 Å². The number of piperidine rings is 1. The Hall–Kier alpha value is -1.09. The fraction of sp³-hybridized carbons (Fsp3) is 0.600. The molecular formula is C15H23FN2. The number of halogens is 1. The lowest BCUT2D eigenvalue weighted by Crippen LogP contribution is -2.36. The lowest BCUT2D eigenvalue weighted by Gasteiger charge is -2.31. The van der Waals surface area contributed by atoms with Gasteiger partial charge in [-0.05, 0) is 44.0 Å². The molecule has 1 aromatic carbocycles. The lowest BCUT2D eigenvalue weighted by atomic mass is 9.94. The van der Waals surface area contributed by atoms with Crippen LogP contribution in [0.1, 0.15) is 26.2 Å². The molecule has 0 aliphatic carbocycles. The Morgan fingerprint density at radius 3 is 2.67 bits per heavy atom. The van der Waals surface area contributed by atoms with E-state index < -0.39 is 0 Å². The molecule has 100 valence electrons. The van der Waals surface area contributed by atoms with Gasteiger partial charge < -0.3 is 10.2 Å². The summed E-state index contributed by atoms with van der Waals surface area (Å²) < 4.78 is 13.4. The highest BCUT2D eigenvalue weighted by atomic mass is 19.1. The molecule has 1 aromatic rings. The third-order valence-corrected chi connectivity index (χ3v) is 3.90. The van der Waals surface area contributed by atoms with Gasteiger partial charge in [0.25, 0.3) is 0 Å². The summed E-state index contributed by atoms with van der Waals surface area (Å²) in [5.41, 5.74) is 0.612.